The molecule has 0 aromatic heterocycles. The van der Waals surface area contributed by atoms with Crippen molar-refractivity contribution >= 4 is 5.78 Å². The van der Waals surface area contributed by atoms with E-state index in [4.69, 9.17) is 4.74 Å². The maximum atomic E-state index is 13.4. The van der Waals surface area contributed by atoms with Gasteiger partial charge in [-0.05, 0) is 36.6 Å². The van der Waals surface area contributed by atoms with Crippen LogP contribution in [0.3, 0.4) is 0 Å². The molecule has 0 aliphatic heterocycles. The van der Waals surface area contributed by atoms with Gasteiger partial charge in [-0.3, -0.25) is 4.79 Å². The molecule has 0 amide bonds. The Kier molecular flexibility index (Phi) is 3.05. The van der Waals surface area contributed by atoms with Gasteiger partial charge in [0.2, 0.25) is 0 Å². The molecule has 2 aromatic carbocycles. The molecule has 1 aliphatic carbocycles. The maximum Gasteiger partial charge on any atom is 0.177 e. The van der Waals surface area contributed by atoms with E-state index in [0.29, 0.717) is 11.3 Å². The highest BCUT2D eigenvalue weighted by atomic mass is 19.1. The quantitative estimate of drug-likeness (QED) is 0.791. The summed E-state index contributed by atoms with van der Waals surface area (Å²) in [6.07, 6.45) is 1.60. The van der Waals surface area contributed by atoms with Crippen LogP contribution < -0.4 is 4.74 Å². The first-order chi connectivity index (χ1) is 9.67. The van der Waals surface area contributed by atoms with E-state index in [9.17, 15) is 9.18 Å². The molecule has 3 rings (SSSR count). The Bertz CT molecular complexity index is 645. The van der Waals surface area contributed by atoms with Crippen molar-refractivity contribution in [3.05, 3.63) is 65.5 Å². The van der Waals surface area contributed by atoms with Crippen LogP contribution >= 0.6 is 0 Å². The van der Waals surface area contributed by atoms with Gasteiger partial charge in [-0.25, -0.2) is 4.39 Å². The van der Waals surface area contributed by atoms with Crippen molar-refractivity contribution in [3.63, 3.8) is 0 Å². The summed E-state index contributed by atoms with van der Waals surface area (Å²) in [7, 11) is 1.49. The summed E-state index contributed by atoms with van der Waals surface area (Å²) in [6.45, 7) is 0. The topological polar surface area (TPSA) is 26.3 Å². The first-order valence-electron chi connectivity index (χ1n) is 6.61. The number of rotatable bonds is 4. The smallest absolute Gasteiger partial charge is 0.177 e. The van der Waals surface area contributed by atoms with E-state index >= 15 is 0 Å². The van der Waals surface area contributed by atoms with Crippen molar-refractivity contribution < 1.29 is 13.9 Å². The fourth-order valence-electron chi connectivity index (χ4n) is 2.64. The SMILES string of the molecule is COc1ccc(F)cc1C(=O)C1(c2ccccc2)CC1. The molecule has 0 bridgehead atoms. The van der Waals surface area contributed by atoms with Gasteiger partial charge in [0.1, 0.15) is 11.6 Å². The number of methoxy groups -OCH3 is 1. The second kappa shape index (κ2) is 4.75. The van der Waals surface area contributed by atoms with E-state index in [-0.39, 0.29) is 5.78 Å². The predicted octanol–water partition coefficient (Wildman–Crippen LogP) is 3.75. The minimum atomic E-state index is -0.498. The molecule has 1 fully saturated rings. The number of carbonyl (C=O) groups excluding carboxylic acids is 1. The van der Waals surface area contributed by atoms with Gasteiger partial charge in [0, 0.05) is 0 Å². The summed E-state index contributed by atoms with van der Waals surface area (Å²) in [5.41, 5.74) is 0.827. The number of carbonyl (C=O) groups is 1. The Hall–Kier alpha value is -2.16. The van der Waals surface area contributed by atoms with Crippen LogP contribution in [0.5, 0.6) is 5.75 Å². The zero-order valence-corrected chi connectivity index (χ0v) is 11.2. The average molecular weight is 270 g/mol. The predicted molar refractivity (Wildman–Crippen MR) is 74.6 cm³/mol. The van der Waals surface area contributed by atoms with Crippen molar-refractivity contribution in [2.24, 2.45) is 0 Å². The fourth-order valence-corrected chi connectivity index (χ4v) is 2.64. The minimum Gasteiger partial charge on any atom is -0.496 e. The third kappa shape index (κ3) is 1.99. The highest BCUT2D eigenvalue weighted by Crippen LogP contribution is 2.51. The number of ether oxygens (including phenoxy) is 1. The molecule has 2 aromatic rings. The molecule has 2 nitrogen and oxygen atoms in total. The molecular formula is C17H15FO2. The average Bonchev–Trinajstić information content (AvgIpc) is 3.29. The fraction of sp³-hybridized carbons (Fsp3) is 0.235. The van der Waals surface area contributed by atoms with Gasteiger partial charge in [0.25, 0.3) is 0 Å². The highest BCUT2D eigenvalue weighted by molar-refractivity contribution is 6.08. The van der Waals surface area contributed by atoms with Crippen molar-refractivity contribution in [2.45, 2.75) is 18.3 Å². The van der Waals surface area contributed by atoms with E-state index in [1.54, 1.807) is 0 Å². The molecule has 0 N–H and O–H groups in total. The van der Waals surface area contributed by atoms with Crippen molar-refractivity contribution in [1.29, 1.82) is 0 Å². The van der Waals surface area contributed by atoms with Crippen LogP contribution in [-0.2, 0) is 5.41 Å². The third-order valence-electron chi connectivity index (χ3n) is 3.92. The van der Waals surface area contributed by atoms with Crippen LogP contribution in [0.4, 0.5) is 4.39 Å². The van der Waals surface area contributed by atoms with Gasteiger partial charge in [-0.2, -0.15) is 0 Å². The van der Waals surface area contributed by atoms with Gasteiger partial charge in [-0.1, -0.05) is 30.3 Å². The molecule has 0 unspecified atom stereocenters. The number of ketones is 1. The van der Waals surface area contributed by atoms with Crippen LogP contribution in [0.1, 0.15) is 28.8 Å². The van der Waals surface area contributed by atoms with E-state index in [1.165, 1.54) is 25.3 Å². The lowest BCUT2D eigenvalue weighted by Gasteiger charge is -2.16. The number of Topliss-reactive ketones (excluding diaryl/α,β-unsaturated/α-hetero) is 1. The third-order valence-corrected chi connectivity index (χ3v) is 3.92. The Morgan fingerprint density at radius 1 is 1.15 bits per heavy atom. The van der Waals surface area contributed by atoms with Crippen molar-refractivity contribution in [2.75, 3.05) is 7.11 Å². The van der Waals surface area contributed by atoms with E-state index < -0.39 is 11.2 Å². The summed E-state index contributed by atoms with van der Waals surface area (Å²) in [6, 6.07) is 13.8. The number of hydrogen-bond donors (Lipinski definition) is 0. The normalized spacial score (nSPS) is 15.7. The molecule has 102 valence electrons. The summed E-state index contributed by atoms with van der Waals surface area (Å²) in [5, 5.41) is 0. The van der Waals surface area contributed by atoms with E-state index in [0.717, 1.165) is 18.4 Å². The molecule has 0 heterocycles. The summed E-state index contributed by atoms with van der Waals surface area (Å²) in [5.74, 6) is -0.0448. The van der Waals surface area contributed by atoms with Crippen LogP contribution in [0.15, 0.2) is 48.5 Å². The summed E-state index contributed by atoms with van der Waals surface area (Å²) in [4.78, 5) is 12.8. The second-order valence-corrected chi connectivity index (χ2v) is 5.12. The second-order valence-electron chi connectivity index (χ2n) is 5.12. The molecule has 0 radical (unpaired) electrons. The van der Waals surface area contributed by atoms with Crippen molar-refractivity contribution in [1.82, 2.24) is 0 Å². The number of benzene rings is 2. The molecule has 1 aliphatic rings. The standard InChI is InChI=1S/C17H15FO2/c1-20-15-8-7-13(18)11-14(15)16(19)17(9-10-17)12-5-3-2-4-6-12/h2-8,11H,9-10H2,1H3. The zero-order valence-electron chi connectivity index (χ0n) is 11.2. The first-order valence-corrected chi connectivity index (χ1v) is 6.61. The Labute approximate surface area is 117 Å². The minimum absolute atomic E-state index is 0.0555. The Morgan fingerprint density at radius 2 is 1.85 bits per heavy atom. The van der Waals surface area contributed by atoms with Gasteiger partial charge in [0.15, 0.2) is 5.78 Å². The summed E-state index contributed by atoms with van der Waals surface area (Å²) < 4.78 is 18.6. The lowest BCUT2D eigenvalue weighted by Crippen LogP contribution is -2.21. The van der Waals surface area contributed by atoms with Gasteiger partial charge in [0.05, 0.1) is 18.1 Å². The maximum absolute atomic E-state index is 13.4. The number of halogens is 1. The molecule has 3 heteroatoms. The van der Waals surface area contributed by atoms with Crippen LogP contribution in [-0.4, -0.2) is 12.9 Å². The molecule has 1 saturated carbocycles. The summed E-state index contributed by atoms with van der Waals surface area (Å²) >= 11 is 0. The molecule has 0 atom stereocenters. The van der Waals surface area contributed by atoms with Crippen LogP contribution in [0.2, 0.25) is 0 Å². The zero-order chi connectivity index (χ0) is 14.2. The Morgan fingerprint density at radius 3 is 2.45 bits per heavy atom. The van der Waals surface area contributed by atoms with Gasteiger partial charge in [-0.15, -0.1) is 0 Å². The lowest BCUT2D eigenvalue weighted by atomic mass is 9.87. The Balaban J connectivity index is 2.04. The monoisotopic (exact) mass is 270 g/mol. The van der Waals surface area contributed by atoms with Gasteiger partial charge >= 0.3 is 0 Å². The highest BCUT2D eigenvalue weighted by Gasteiger charge is 2.51. The molecule has 0 saturated heterocycles. The number of hydrogen-bond acceptors (Lipinski definition) is 2. The van der Waals surface area contributed by atoms with Crippen molar-refractivity contribution in [3.8, 4) is 5.75 Å². The van der Waals surface area contributed by atoms with E-state index in [2.05, 4.69) is 0 Å². The lowest BCUT2D eigenvalue weighted by molar-refractivity contribution is 0.0942. The van der Waals surface area contributed by atoms with Gasteiger partial charge < -0.3 is 4.74 Å². The molecule has 20 heavy (non-hydrogen) atoms. The molecular weight excluding hydrogens is 255 g/mol. The largest absolute Gasteiger partial charge is 0.496 e. The molecule has 0 spiro atoms. The van der Waals surface area contributed by atoms with Crippen LogP contribution in [0, 0.1) is 5.82 Å². The van der Waals surface area contributed by atoms with E-state index in [1.807, 2.05) is 30.3 Å². The van der Waals surface area contributed by atoms with Crippen LogP contribution in [0.25, 0.3) is 0 Å². The first kappa shape index (κ1) is 12.9.